The molecular formula is C22H20F3N5OS. The first kappa shape index (κ1) is 20.9. The Balaban J connectivity index is 1.34. The molecule has 1 aliphatic carbocycles. The van der Waals surface area contributed by atoms with Gasteiger partial charge in [-0.2, -0.15) is 5.10 Å². The SMILES string of the molecule is Cn1cc(Cn2cnc3sc4c(c3c2=O)CCC(NCc2cc(F)c(F)c(F)c2)C4)cn1. The lowest BCUT2D eigenvalue weighted by atomic mass is 9.93. The van der Waals surface area contributed by atoms with Crippen molar-refractivity contribution in [3.63, 3.8) is 0 Å². The molecule has 0 bridgehead atoms. The zero-order valence-electron chi connectivity index (χ0n) is 17.2. The molecule has 3 heterocycles. The van der Waals surface area contributed by atoms with Gasteiger partial charge >= 0.3 is 0 Å². The van der Waals surface area contributed by atoms with Crippen molar-refractivity contribution < 1.29 is 13.2 Å². The van der Waals surface area contributed by atoms with E-state index < -0.39 is 17.5 Å². The number of benzene rings is 1. The second kappa shape index (κ2) is 8.18. The number of hydrogen-bond acceptors (Lipinski definition) is 5. The molecule has 1 aliphatic rings. The summed E-state index contributed by atoms with van der Waals surface area (Å²) >= 11 is 1.51. The maximum Gasteiger partial charge on any atom is 0.262 e. The van der Waals surface area contributed by atoms with E-state index in [9.17, 15) is 18.0 Å². The minimum absolute atomic E-state index is 0.0555. The van der Waals surface area contributed by atoms with Crippen LogP contribution in [0.5, 0.6) is 0 Å². The van der Waals surface area contributed by atoms with Crippen LogP contribution in [0.1, 0.15) is 28.0 Å². The fraction of sp³-hybridized carbons (Fsp3) is 0.318. The van der Waals surface area contributed by atoms with Crippen molar-refractivity contribution in [2.75, 3.05) is 0 Å². The van der Waals surface area contributed by atoms with Gasteiger partial charge in [-0.05, 0) is 42.5 Å². The van der Waals surface area contributed by atoms with Crippen LogP contribution in [0.2, 0.25) is 0 Å². The fourth-order valence-electron chi connectivity index (χ4n) is 4.21. The number of aromatic nitrogens is 4. The van der Waals surface area contributed by atoms with Gasteiger partial charge in [-0.1, -0.05) is 0 Å². The van der Waals surface area contributed by atoms with E-state index in [1.165, 1.54) is 11.3 Å². The summed E-state index contributed by atoms with van der Waals surface area (Å²) in [4.78, 5) is 19.5. The van der Waals surface area contributed by atoms with Gasteiger partial charge in [-0.3, -0.25) is 14.0 Å². The van der Waals surface area contributed by atoms with E-state index in [1.807, 2.05) is 13.2 Å². The predicted molar refractivity (Wildman–Crippen MR) is 115 cm³/mol. The number of fused-ring (bicyclic) bond motifs is 3. The molecule has 1 unspecified atom stereocenters. The average molecular weight is 459 g/mol. The molecule has 0 amide bonds. The smallest absolute Gasteiger partial charge is 0.262 e. The number of thiophene rings is 1. The third kappa shape index (κ3) is 3.84. The van der Waals surface area contributed by atoms with Crippen LogP contribution in [-0.2, 0) is 33.0 Å². The molecule has 0 fully saturated rings. The van der Waals surface area contributed by atoms with E-state index in [4.69, 9.17) is 0 Å². The molecule has 4 aromatic rings. The molecule has 0 saturated carbocycles. The van der Waals surface area contributed by atoms with Crippen molar-refractivity contribution in [2.45, 2.75) is 38.4 Å². The Morgan fingerprint density at radius 1 is 1.22 bits per heavy atom. The molecule has 5 rings (SSSR count). The lowest BCUT2D eigenvalue weighted by molar-refractivity contribution is 0.437. The summed E-state index contributed by atoms with van der Waals surface area (Å²) in [5, 5.41) is 8.12. The minimum atomic E-state index is -1.46. The highest BCUT2D eigenvalue weighted by Gasteiger charge is 2.25. The highest BCUT2D eigenvalue weighted by Crippen LogP contribution is 2.33. The Morgan fingerprint density at radius 3 is 2.72 bits per heavy atom. The molecule has 3 aromatic heterocycles. The summed E-state index contributed by atoms with van der Waals surface area (Å²) in [6, 6.07) is 2.10. The highest BCUT2D eigenvalue weighted by molar-refractivity contribution is 7.18. The quantitative estimate of drug-likeness (QED) is 0.465. The highest BCUT2D eigenvalue weighted by atomic mass is 32.1. The molecule has 166 valence electrons. The van der Waals surface area contributed by atoms with Crippen LogP contribution in [0, 0.1) is 17.5 Å². The van der Waals surface area contributed by atoms with Crippen molar-refractivity contribution in [1.29, 1.82) is 0 Å². The molecule has 1 atom stereocenters. The molecule has 0 saturated heterocycles. The van der Waals surface area contributed by atoms with Gasteiger partial charge < -0.3 is 5.32 Å². The standard InChI is InChI=1S/C22H20F3N5OS/c1-29-9-13(8-28-29)10-30-11-27-21-19(22(30)31)15-3-2-14(6-18(15)32-21)26-7-12-4-16(23)20(25)17(24)5-12/h4-5,8-9,11,14,26H,2-3,6-7,10H2,1H3. The van der Waals surface area contributed by atoms with Gasteiger partial charge in [-0.15, -0.1) is 11.3 Å². The Morgan fingerprint density at radius 2 is 2.00 bits per heavy atom. The third-order valence-corrected chi connectivity index (χ3v) is 6.95. The molecular weight excluding hydrogens is 439 g/mol. The summed E-state index contributed by atoms with van der Waals surface area (Å²) in [5.41, 5.74) is 2.27. The van der Waals surface area contributed by atoms with Gasteiger partial charge in [0.2, 0.25) is 0 Å². The lowest BCUT2D eigenvalue weighted by Crippen LogP contribution is -2.34. The topological polar surface area (TPSA) is 64.7 Å². The number of nitrogens with one attached hydrogen (secondary N) is 1. The number of halogens is 3. The lowest BCUT2D eigenvalue weighted by Gasteiger charge is -2.23. The van der Waals surface area contributed by atoms with Crippen LogP contribution in [-0.4, -0.2) is 25.4 Å². The Bertz CT molecular complexity index is 1350. The monoisotopic (exact) mass is 459 g/mol. The summed E-state index contributed by atoms with van der Waals surface area (Å²) in [5.74, 6) is -3.83. The second-order valence-electron chi connectivity index (χ2n) is 8.08. The normalized spacial score (nSPS) is 15.9. The maximum atomic E-state index is 13.4. The molecule has 32 heavy (non-hydrogen) atoms. The van der Waals surface area contributed by atoms with Crippen LogP contribution in [0.15, 0.2) is 35.6 Å². The maximum absolute atomic E-state index is 13.4. The first-order valence-electron chi connectivity index (χ1n) is 10.2. The number of nitrogens with zero attached hydrogens (tertiary/aromatic N) is 4. The first-order chi connectivity index (χ1) is 15.4. The zero-order chi connectivity index (χ0) is 22.4. The molecule has 1 N–H and O–H groups in total. The molecule has 0 aliphatic heterocycles. The number of aryl methyl sites for hydroxylation is 2. The van der Waals surface area contributed by atoms with E-state index in [-0.39, 0.29) is 18.1 Å². The zero-order valence-corrected chi connectivity index (χ0v) is 18.1. The summed E-state index contributed by atoms with van der Waals surface area (Å²) < 4.78 is 43.3. The van der Waals surface area contributed by atoms with Crippen LogP contribution in [0.3, 0.4) is 0 Å². The summed E-state index contributed by atoms with van der Waals surface area (Å²) in [6.45, 7) is 0.643. The van der Waals surface area contributed by atoms with E-state index in [1.54, 1.807) is 21.8 Å². The molecule has 0 radical (unpaired) electrons. The Labute approximate surface area is 185 Å². The van der Waals surface area contributed by atoms with Crippen LogP contribution >= 0.6 is 11.3 Å². The van der Waals surface area contributed by atoms with Gasteiger partial charge in [0.05, 0.1) is 24.5 Å². The number of hydrogen-bond donors (Lipinski definition) is 1. The molecule has 10 heteroatoms. The summed E-state index contributed by atoms with van der Waals surface area (Å²) in [7, 11) is 1.83. The van der Waals surface area contributed by atoms with Crippen LogP contribution < -0.4 is 10.9 Å². The molecule has 1 aromatic carbocycles. The van der Waals surface area contributed by atoms with Crippen molar-refractivity contribution in [2.24, 2.45) is 7.05 Å². The van der Waals surface area contributed by atoms with Crippen LogP contribution in [0.25, 0.3) is 10.2 Å². The van der Waals surface area contributed by atoms with E-state index in [0.717, 1.165) is 39.4 Å². The largest absolute Gasteiger partial charge is 0.310 e. The van der Waals surface area contributed by atoms with Crippen molar-refractivity contribution >= 4 is 21.6 Å². The Kier molecular flexibility index (Phi) is 5.34. The van der Waals surface area contributed by atoms with E-state index in [0.29, 0.717) is 30.3 Å². The van der Waals surface area contributed by atoms with Gasteiger partial charge in [0, 0.05) is 36.3 Å². The minimum Gasteiger partial charge on any atom is -0.310 e. The second-order valence-corrected chi connectivity index (χ2v) is 9.16. The predicted octanol–water partition coefficient (Wildman–Crippen LogP) is 3.30. The van der Waals surface area contributed by atoms with Gasteiger partial charge in [-0.25, -0.2) is 18.2 Å². The number of rotatable bonds is 5. The van der Waals surface area contributed by atoms with Gasteiger partial charge in [0.25, 0.3) is 5.56 Å². The molecule has 0 spiro atoms. The van der Waals surface area contributed by atoms with Crippen molar-refractivity contribution in [1.82, 2.24) is 24.6 Å². The van der Waals surface area contributed by atoms with Crippen molar-refractivity contribution in [3.05, 3.63) is 80.2 Å². The van der Waals surface area contributed by atoms with Gasteiger partial charge in [0.1, 0.15) is 4.83 Å². The summed E-state index contributed by atoms with van der Waals surface area (Å²) in [6.07, 6.45) is 7.37. The Hall–Kier alpha value is -2.98. The third-order valence-electron chi connectivity index (χ3n) is 5.79. The van der Waals surface area contributed by atoms with Crippen molar-refractivity contribution in [3.8, 4) is 0 Å². The fourth-order valence-corrected chi connectivity index (χ4v) is 5.47. The van der Waals surface area contributed by atoms with Gasteiger partial charge in [0.15, 0.2) is 17.5 Å². The first-order valence-corrected chi connectivity index (χ1v) is 11.0. The van der Waals surface area contributed by atoms with Crippen LogP contribution in [0.4, 0.5) is 13.2 Å². The van der Waals surface area contributed by atoms with E-state index in [2.05, 4.69) is 15.4 Å². The van der Waals surface area contributed by atoms with E-state index >= 15 is 0 Å². The molecule has 6 nitrogen and oxygen atoms in total. The average Bonchev–Trinajstić information content (AvgIpc) is 3.35.